The zero-order valence-electron chi connectivity index (χ0n) is 15.7. The number of fused-ring (bicyclic) bond motifs is 3. The normalized spacial score (nSPS) is 39.3. The van der Waals surface area contributed by atoms with Crippen molar-refractivity contribution in [2.45, 2.75) is 50.9 Å². The molecule has 0 aromatic carbocycles. The van der Waals surface area contributed by atoms with Crippen LogP contribution in [0.25, 0.3) is 6.08 Å². The van der Waals surface area contributed by atoms with Crippen molar-refractivity contribution in [3.05, 3.63) is 29.1 Å². The lowest BCUT2D eigenvalue weighted by Gasteiger charge is -2.58. The molecule has 5 aliphatic carbocycles. The number of hydrogen-bond donors (Lipinski definition) is 1. The number of nitrogens with zero attached hydrogens (tertiary/aromatic N) is 3. The molecule has 26 heavy (non-hydrogen) atoms. The highest BCUT2D eigenvalue weighted by Gasteiger charge is 2.56. The summed E-state index contributed by atoms with van der Waals surface area (Å²) in [6, 6.07) is 0. The van der Waals surface area contributed by atoms with Gasteiger partial charge in [-0.25, -0.2) is 0 Å². The van der Waals surface area contributed by atoms with Gasteiger partial charge in [0.2, 0.25) is 0 Å². The molecule has 1 aliphatic heterocycles. The van der Waals surface area contributed by atoms with Crippen LogP contribution >= 0.6 is 0 Å². The maximum Gasteiger partial charge on any atom is 0.307 e. The Morgan fingerprint density at radius 1 is 1.23 bits per heavy atom. The van der Waals surface area contributed by atoms with E-state index in [1.807, 2.05) is 0 Å². The van der Waals surface area contributed by atoms with Crippen LogP contribution in [0.3, 0.4) is 0 Å². The first-order chi connectivity index (χ1) is 12.5. The van der Waals surface area contributed by atoms with Crippen molar-refractivity contribution in [1.29, 1.82) is 0 Å². The van der Waals surface area contributed by atoms with Crippen LogP contribution in [0, 0.1) is 23.7 Å². The van der Waals surface area contributed by atoms with E-state index in [0.717, 1.165) is 31.6 Å². The smallest absolute Gasteiger partial charge is 0.307 e. The third kappa shape index (κ3) is 1.95. The number of pyridine rings is 1. The van der Waals surface area contributed by atoms with E-state index < -0.39 is 0 Å². The lowest BCUT2D eigenvalue weighted by molar-refractivity contribution is -0.138. The van der Waals surface area contributed by atoms with Gasteiger partial charge in [0.05, 0.1) is 17.0 Å². The van der Waals surface area contributed by atoms with Crippen LogP contribution in [-0.4, -0.2) is 40.2 Å². The molecule has 4 nitrogen and oxygen atoms in total. The SMILES string of the molecule is CB1c2cnc3c(c2C(C2[C@@H]4CC5C[C@H]2CC(O)(C5)C4)=NN1C)C=CC3. The van der Waals surface area contributed by atoms with E-state index >= 15 is 0 Å². The Labute approximate surface area is 155 Å². The van der Waals surface area contributed by atoms with Crippen molar-refractivity contribution in [3.8, 4) is 0 Å². The van der Waals surface area contributed by atoms with E-state index in [9.17, 15) is 5.11 Å². The summed E-state index contributed by atoms with van der Waals surface area (Å²) >= 11 is 0. The molecule has 6 aliphatic rings. The van der Waals surface area contributed by atoms with Gasteiger partial charge in [0.1, 0.15) is 0 Å². The molecule has 1 aromatic heterocycles. The van der Waals surface area contributed by atoms with Gasteiger partial charge in [-0.05, 0) is 55.3 Å². The maximum absolute atomic E-state index is 11.0. The topological polar surface area (TPSA) is 48.7 Å². The van der Waals surface area contributed by atoms with E-state index in [4.69, 9.17) is 10.1 Å². The molecule has 7 rings (SSSR count). The Bertz CT molecular complexity index is 847. The van der Waals surface area contributed by atoms with E-state index in [1.54, 1.807) is 0 Å². The average Bonchev–Trinajstić information content (AvgIpc) is 3.05. The Morgan fingerprint density at radius 2 is 2.00 bits per heavy atom. The highest BCUT2D eigenvalue weighted by atomic mass is 16.3. The first kappa shape index (κ1) is 15.4. The number of allylic oxidation sites excluding steroid dienone is 1. The fourth-order valence-corrected chi connectivity index (χ4v) is 6.98. The number of aromatic nitrogens is 1. The van der Waals surface area contributed by atoms with Crippen molar-refractivity contribution in [2.24, 2.45) is 28.8 Å². The maximum atomic E-state index is 11.0. The molecule has 3 unspecified atom stereocenters. The van der Waals surface area contributed by atoms with Crippen molar-refractivity contribution < 1.29 is 5.11 Å². The minimum absolute atomic E-state index is 0.265. The van der Waals surface area contributed by atoms with Gasteiger partial charge in [0.15, 0.2) is 0 Å². The second-order valence-electron chi connectivity index (χ2n) is 9.51. The molecule has 1 N–H and O–H groups in total. The van der Waals surface area contributed by atoms with Crippen LogP contribution in [0.15, 0.2) is 17.4 Å². The average molecular weight is 347 g/mol. The Kier molecular flexibility index (Phi) is 2.97. The number of aliphatic hydroxyl groups is 1. The molecule has 5 heteroatoms. The van der Waals surface area contributed by atoms with Gasteiger partial charge in [-0.3, -0.25) is 4.98 Å². The van der Waals surface area contributed by atoms with Crippen LogP contribution in [0.2, 0.25) is 6.82 Å². The first-order valence-corrected chi connectivity index (χ1v) is 10.2. The molecular weight excluding hydrogens is 321 g/mol. The Hall–Kier alpha value is -1.62. The molecule has 134 valence electrons. The zero-order valence-corrected chi connectivity index (χ0v) is 15.7. The summed E-state index contributed by atoms with van der Waals surface area (Å²) in [5, 5.41) is 16.1. The Morgan fingerprint density at radius 3 is 2.73 bits per heavy atom. The predicted octanol–water partition coefficient (Wildman–Crippen LogP) is 2.32. The third-order valence-electron chi connectivity index (χ3n) is 7.91. The molecule has 2 heterocycles. The van der Waals surface area contributed by atoms with E-state index in [0.29, 0.717) is 17.8 Å². The fraction of sp³-hybridized carbons (Fsp3) is 0.619. The van der Waals surface area contributed by atoms with Gasteiger partial charge < -0.3 is 10.0 Å². The number of rotatable bonds is 1. The third-order valence-corrected chi connectivity index (χ3v) is 7.91. The van der Waals surface area contributed by atoms with Crippen LogP contribution in [-0.2, 0) is 6.42 Å². The summed E-state index contributed by atoms with van der Waals surface area (Å²) in [5.74, 6) is 2.42. The van der Waals surface area contributed by atoms with Crippen LogP contribution in [0.1, 0.15) is 48.9 Å². The second-order valence-corrected chi connectivity index (χ2v) is 9.51. The highest BCUT2D eigenvalue weighted by Crippen LogP contribution is 2.59. The summed E-state index contributed by atoms with van der Waals surface area (Å²) in [5.41, 5.74) is 6.13. The summed E-state index contributed by atoms with van der Waals surface area (Å²) in [7, 11) is 2.10. The minimum Gasteiger partial charge on any atom is -0.390 e. The van der Waals surface area contributed by atoms with Gasteiger partial charge in [0, 0.05) is 36.7 Å². The van der Waals surface area contributed by atoms with Gasteiger partial charge in [-0.2, -0.15) is 5.10 Å². The van der Waals surface area contributed by atoms with Crippen molar-refractivity contribution in [2.75, 3.05) is 7.05 Å². The highest BCUT2D eigenvalue weighted by molar-refractivity contribution is 6.71. The molecule has 4 saturated carbocycles. The van der Waals surface area contributed by atoms with Crippen molar-refractivity contribution in [1.82, 2.24) is 9.90 Å². The lowest BCUT2D eigenvalue weighted by atomic mass is 9.47. The van der Waals surface area contributed by atoms with Crippen LogP contribution in [0.5, 0.6) is 0 Å². The molecule has 1 aromatic rings. The van der Waals surface area contributed by atoms with Gasteiger partial charge in [0.25, 0.3) is 0 Å². The second kappa shape index (κ2) is 5.01. The van der Waals surface area contributed by atoms with E-state index in [1.165, 1.54) is 40.8 Å². The molecule has 0 radical (unpaired) electrons. The lowest BCUT2D eigenvalue weighted by Crippen LogP contribution is -2.58. The molecule has 0 spiro atoms. The van der Waals surface area contributed by atoms with Gasteiger partial charge in [-0.1, -0.05) is 19.0 Å². The molecule has 0 saturated heterocycles. The molecule has 0 amide bonds. The van der Waals surface area contributed by atoms with Crippen LogP contribution < -0.4 is 5.46 Å². The van der Waals surface area contributed by atoms with Gasteiger partial charge in [-0.15, -0.1) is 0 Å². The van der Waals surface area contributed by atoms with Crippen molar-refractivity contribution >= 4 is 24.1 Å². The molecule has 4 bridgehead atoms. The first-order valence-electron chi connectivity index (χ1n) is 10.2. The van der Waals surface area contributed by atoms with Crippen LogP contribution in [0.4, 0.5) is 0 Å². The standard InChI is InChI=1S/C21H26BN3O/c1-22-16-11-23-17-5-3-4-15(17)19(16)20(24-25(22)2)18-13-6-12-7-14(18)10-21(26,8-12)9-13/h3-4,11-14,18,26H,5-10H2,1-2H3/t12?,13-,14+,18?,21?. The largest absolute Gasteiger partial charge is 0.390 e. The molecule has 5 atom stereocenters. The van der Waals surface area contributed by atoms with Gasteiger partial charge >= 0.3 is 6.85 Å². The van der Waals surface area contributed by atoms with E-state index in [2.05, 4.69) is 37.1 Å². The van der Waals surface area contributed by atoms with Crippen molar-refractivity contribution in [3.63, 3.8) is 0 Å². The summed E-state index contributed by atoms with van der Waals surface area (Å²) in [4.78, 5) is 6.88. The molecular formula is C21H26BN3O. The number of hydrogen-bond acceptors (Lipinski definition) is 4. The summed E-state index contributed by atoms with van der Waals surface area (Å²) < 4.78 is 0. The fourth-order valence-electron chi connectivity index (χ4n) is 6.98. The predicted molar refractivity (Wildman–Crippen MR) is 105 cm³/mol. The monoisotopic (exact) mass is 347 g/mol. The van der Waals surface area contributed by atoms with E-state index in [-0.39, 0.29) is 12.4 Å². The summed E-state index contributed by atoms with van der Waals surface area (Å²) in [6.07, 6.45) is 13.1. The number of hydrazone groups is 1. The Balaban J connectivity index is 1.51. The molecule has 4 fully saturated rings. The zero-order chi connectivity index (χ0) is 17.6. The minimum atomic E-state index is -0.385. The quantitative estimate of drug-likeness (QED) is 0.794. The summed E-state index contributed by atoms with van der Waals surface area (Å²) in [6.45, 7) is 2.49.